The minimum Gasteiger partial charge on any atom is -0.488 e. The molecule has 0 spiro atoms. The minimum absolute atomic E-state index is 0. The van der Waals surface area contributed by atoms with Crippen molar-refractivity contribution in [1.82, 2.24) is 39.9 Å². The molecule has 2 aliphatic heterocycles. The van der Waals surface area contributed by atoms with Gasteiger partial charge in [0.15, 0.2) is 0 Å². The fourth-order valence-electron chi connectivity index (χ4n) is 11.6. The van der Waals surface area contributed by atoms with Crippen LogP contribution in [0.4, 0.5) is 0 Å². The van der Waals surface area contributed by atoms with E-state index in [1.54, 1.807) is 0 Å². The second-order valence-corrected chi connectivity index (χ2v) is 23.0. The Morgan fingerprint density at radius 1 is 0.292 bits per heavy atom. The number of nitrogens with zero attached hydrogens (tertiary/aromatic N) is 8. The van der Waals surface area contributed by atoms with E-state index in [0.29, 0.717) is 117 Å². The predicted octanol–water partition coefficient (Wildman–Crippen LogP) is 17.8. The fraction of sp³-hybridized carbons (Fsp3) is 0.263. The molecule has 3 aromatic heterocycles. The first-order valence-corrected chi connectivity index (χ1v) is 31.5. The second-order valence-electron chi connectivity index (χ2n) is 23.0. The number of hydrogen-bond acceptors (Lipinski definition) is 10. The quantitative estimate of drug-likeness (QED) is 0.0531. The number of benzene rings is 8. The SMILES string of the molecule is CCCCc1ccc(COc2cccc3c2-c2nc-3nc3[n-]c(nc4nc(nc5[n-]c(n2)c2cccc(OCc6ccc(CCCC)cc6)c52)-c2cccc(OCc5ccc(CCCC)cc5)c2-4)c2cccc(OCc4ccc(CCCC)cc4)c32)cc1.[Zn+2]. The third-order valence-electron chi connectivity index (χ3n) is 16.6. The molecular formula is C76H72N8O4Zn. The van der Waals surface area contributed by atoms with Crippen LogP contribution in [0.5, 0.6) is 23.0 Å². The third kappa shape index (κ3) is 13.4. The van der Waals surface area contributed by atoms with Gasteiger partial charge in [-0.25, -0.2) is 9.97 Å². The zero-order valence-electron chi connectivity index (χ0n) is 51.4. The maximum Gasteiger partial charge on any atom is 2.00 e. The fourth-order valence-corrected chi connectivity index (χ4v) is 11.6. The Labute approximate surface area is 533 Å². The van der Waals surface area contributed by atoms with Gasteiger partial charge in [-0.1, -0.05) is 199 Å². The third-order valence-corrected chi connectivity index (χ3v) is 16.6. The van der Waals surface area contributed by atoms with Crippen LogP contribution in [0.1, 0.15) is 124 Å². The molecule has 8 aromatic carbocycles. The molecule has 0 aliphatic carbocycles. The number of aromatic nitrogens is 8. The van der Waals surface area contributed by atoms with Crippen LogP contribution < -0.4 is 28.9 Å². The summed E-state index contributed by atoms with van der Waals surface area (Å²) in [5.74, 6) is 3.96. The zero-order chi connectivity index (χ0) is 59.8. The van der Waals surface area contributed by atoms with E-state index in [-0.39, 0.29) is 19.5 Å². The summed E-state index contributed by atoms with van der Waals surface area (Å²) < 4.78 is 27.2. The first kappa shape index (κ1) is 60.2. The van der Waals surface area contributed by atoms with E-state index in [9.17, 15) is 0 Å². The molecule has 0 unspecified atom stereocenters. The van der Waals surface area contributed by atoms with Crippen molar-refractivity contribution in [3.8, 4) is 68.5 Å². The second kappa shape index (κ2) is 28.0. The topological polar surface area (TPSA) is 142 Å². The molecule has 0 N–H and O–H groups in total. The molecule has 0 radical (unpaired) electrons. The molecule has 8 bridgehead atoms. The number of unbranched alkanes of at least 4 members (excludes halogenated alkanes) is 4. The van der Waals surface area contributed by atoms with Gasteiger partial charge in [-0.3, -0.25) is 0 Å². The van der Waals surface area contributed by atoms with E-state index in [0.717, 1.165) is 121 Å². The Balaban J connectivity index is 0.00000769. The molecule has 0 saturated carbocycles. The Morgan fingerprint density at radius 2 is 0.573 bits per heavy atom. The van der Waals surface area contributed by atoms with Gasteiger partial charge in [-0.15, -0.1) is 0 Å². The van der Waals surface area contributed by atoms with Crippen LogP contribution in [0.25, 0.3) is 89.7 Å². The van der Waals surface area contributed by atoms with Crippen LogP contribution in [0, 0.1) is 0 Å². The first-order chi connectivity index (χ1) is 43.4. The molecular weight excluding hydrogens is 1150 g/mol. The summed E-state index contributed by atoms with van der Waals surface area (Å²) in [5, 5.41) is 2.81. The zero-order valence-corrected chi connectivity index (χ0v) is 54.4. The van der Waals surface area contributed by atoms with E-state index in [1.165, 1.54) is 22.3 Å². The molecule has 89 heavy (non-hydrogen) atoms. The standard InChI is InChI=1S/C76H72N8O4.Zn/c1-5-9-17-49-29-37-53(38-30-49)45-85-61-25-13-21-57-65(61)73-77-69(57)82-74-67-59(23-15-27-63(67)87-47-55-41-33-51(34-42-55)19-11-7-3)71(79-74)84-76-68-60(24-16-28-64(68)88-48-56-43-35-52(36-44-56)20-12-8-4)72(80-76)83-75-66-58(70(78-75)81-73)22-14-26-62(66)86-46-54-39-31-50(32-40-54)18-10-6-2;/h13-16,21-44H,5-12,17-20,45-48H2,1-4H3;/q-2;+2. The number of hydrogen-bond donors (Lipinski definition) is 0. The van der Waals surface area contributed by atoms with Crippen LogP contribution in [-0.4, -0.2) is 29.9 Å². The Bertz CT molecular complexity index is 4160. The maximum absolute atomic E-state index is 6.80. The van der Waals surface area contributed by atoms with Crippen molar-refractivity contribution in [2.75, 3.05) is 0 Å². The van der Waals surface area contributed by atoms with Crippen molar-refractivity contribution in [1.29, 1.82) is 0 Å². The van der Waals surface area contributed by atoms with E-state index in [4.69, 9.17) is 58.8 Å². The van der Waals surface area contributed by atoms with Crippen LogP contribution in [0.3, 0.4) is 0 Å². The summed E-state index contributed by atoms with van der Waals surface area (Å²) in [6, 6.07) is 58.5. The molecule has 13 heteroatoms. The molecule has 13 rings (SSSR count). The average molecular weight is 1230 g/mol. The Kier molecular flexibility index (Phi) is 18.9. The van der Waals surface area contributed by atoms with Crippen molar-refractivity contribution in [2.45, 2.75) is 131 Å². The van der Waals surface area contributed by atoms with Crippen LogP contribution in [-0.2, 0) is 71.6 Å². The van der Waals surface area contributed by atoms with E-state index < -0.39 is 0 Å². The molecule has 0 atom stereocenters. The molecule has 442 valence electrons. The number of rotatable bonds is 24. The minimum atomic E-state index is 0. The number of ether oxygens (including phenoxy) is 4. The van der Waals surface area contributed by atoms with Gasteiger partial charge in [-0.05, 0) is 131 Å². The molecule has 11 aromatic rings. The van der Waals surface area contributed by atoms with E-state index >= 15 is 0 Å². The number of aryl methyl sites for hydroxylation is 4. The normalized spacial score (nSPS) is 11.6. The van der Waals surface area contributed by atoms with Crippen LogP contribution in [0.15, 0.2) is 170 Å². The van der Waals surface area contributed by atoms with Gasteiger partial charge in [0.2, 0.25) is 0 Å². The summed E-state index contributed by atoms with van der Waals surface area (Å²) in [6.45, 7) is 10.2. The van der Waals surface area contributed by atoms with Gasteiger partial charge >= 0.3 is 19.5 Å². The van der Waals surface area contributed by atoms with Gasteiger partial charge in [0.05, 0.1) is 34.4 Å². The molecule has 0 amide bonds. The summed E-state index contributed by atoms with van der Waals surface area (Å²) >= 11 is 0. The van der Waals surface area contributed by atoms with Crippen molar-refractivity contribution >= 4 is 44.1 Å². The summed E-state index contributed by atoms with van der Waals surface area (Å²) in [6.07, 6.45) is 13.4. The summed E-state index contributed by atoms with van der Waals surface area (Å²) in [5.41, 5.74) is 13.8. The van der Waals surface area contributed by atoms with Gasteiger partial charge in [0.25, 0.3) is 0 Å². The summed E-state index contributed by atoms with van der Waals surface area (Å²) in [7, 11) is 0. The van der Waals surface area contributed by atoms with Crippen LogP contribution >= 0.6 is 0 Å². The Morgan fingerprint density at radius 3 is 0.899 bits per heavy atom. The smallest absolute Gasteiger partial charge is 0.488 e. The largest absolute Gasteiger partial charge is 2.00 e. The van der Waals surface area contributed by atoms with Crippen molar-refractivity contribution in [2.24, 2.45) is 0 Å². The predicted molar refractivity (Wildman–Crippen MR) is 352 cm³/mol. The molecule has 0 fully saturated rings. The van der Waals surface area contributed by atoms with Crippen molar-refractivity contribution in [3.05, 3.63) is 214 Å². The molecule has 12 nitrogen and oxygen atoms in total. The monoisotopic (exact) mass is 1220 g/mol. The number of fused-ring (bicyclic) bond motifs is 20. The van der Waals surface area contributed by atoms with Crippen molar-refractivity contribution < 1.29 is 38.4 Å². The van der Waals surface area contributed by atoms with Crippen molar-refractivity contribution in [3.63, 3.8) is 0 Å². The first-order valence-electron chi connectivity index (χ1n) is 31.5. The maximum atomic E-state index is 6.80. The molecule has 0 saturated heterocycles. The summed E-state index contributed by atoms with van der Waals surface area (Å²) in [4.78, 5) is 42.9. The van der Waals surface area contributed by atoms with E-state index in [1.807, 2.05) is 72.8 Å². The van der Waals surface area contributed by atoms with Gasteiger partial charge < -0.3 is 48.9 Å². The Hall–Kier alpha value is -9.06. The van der Waals surface area contributed by atoms with Gasteiger partial charge in [-0.2, -0.15) is 0 Å². The molecule has 5 heterocycles. The van der Waals surface area contributed by atoms with Crippen LogP contribution in [0.2, 0.25) is 0 Å². The average Bonchev–Trinajstić information content (AvgIpc) is 2.99. The molecule has 2 aliphatic rings. The van der Waals surface area contributed by atoms with E-state index in [2.05, 4.69) is 125 Å². The van der Waals surface area contributed by atoms with Gasteiger partial charge in [0.1, 0.15) is 49.4 Å². The van der Waals surface area contributed by atoms with Gasteiger partial charge in [0, 0.05) is 44.5 Å².